The Balaban J connectivity index is 1.17. The Morgan fingerprint density at radius 1 is 0.315 bits per heavy atom. The van der Waals surface area contributed by atoms with Crippen molar-refractivity contribution in [3.8, 4) is 44.5 Å². The minimum atomic E-state index is 0.860. The van der Waals surface area contributed by atoms with Crippen LogP contribution in [0.5, 0.6) is 0 Å². The van der Waals surface area contributed by atoms with Gasteiger partial charge in [0, 0.05) is 22.0 Å². The van der Waals surface area contributed by atoms with E-state index in [9.17, 15) is 0 Å². The van der Waals surface area contributed by atoms with Gasteiger partial charge in [0.15, 0.2) is 5.58 Å². The van der Waals surface area contributed by atoms with Gasteiger partial charge in [0.2, 0.25) is 0 Å². The average Bonchev–Trinajstić information content (AvgIpc) is 3.64. The Morgan fingerprint density at radius 3 is 1.65 bits per heavy atom. The highest BCUT2D eigenvalue weighted by Crippen LogP contribution is 2.48. The van der Waals surface area contributed by atoms with E-state index in [4.69, 9.17) is 4.42 Å². The molecule has 0 atom stereocenters. The highest BCUT2D eigenvalue weighted by molar-refractivity contribution is 6.11. The summed E-state index contributed by atoms with van der Waals surface area (Å²) in [7, 11) is 0. The molecular weight excluding hydrogens is 655 g/mol. The summed E-state index contributed by atoms with van der Waals surface area (Å²) in [6, 6.07) is 75.9. The lowest BCUT2D eigenvalue weighted by atomic mass is 9.88. The molecule has 0 N–H and O–H groups in total. The Morgan fingerprint density at radius 2 is 0.852 bits per heavy atom. The molecule has 10 rings (SSSR count). The predicted molar refractivity (Wildman–Crippen MR) is 228 cm³/mol. The number of para-hydroxylation sites is 3. The molecule has 2 nitrogen and oxygen atoms in total. The summed E-state index contributed by atoms with van der Waals surface area (Å²) in [5, 5.41) is 4.59. The van der Waals surface area contributed by atoms with Crippen LogP contribution in [0.15, 0.2) is 217 Å². The first-order chi connectivity index (χ1) is 26.8. The fourth-order valence-corrected chi connectivity index (χ4v) is 7.92. The summed E-state index contributed by atoms with van der Waals surface area (Å²) in [6.07, 6.45) is 0. The SMILES string of the molecule is c1ccc(-c2ccc(-c3ccccc3-c3ccccc3-c3ccccc3N(c3ccc4ccccc4c3)c3cccc4c3oc3ccccc34)cc2)cc1. The largest absolute Gasteiger partial charge is 0.454 e. The van der Waals surface area contributed by atoms with Crippen molar-refractivity contribution in [3.05, 3.63) is 212 Å². The molecule has 0 aliphatic carbocycles. The molecule has 254 valence electrons. The van der Waals surface area contributed by atoms with Crippen molar-refractivity contribution in [2.24, 2.45) is 0 Å². The van der Waals surface area contributed by atoms with E-state index in [1.54, 1.807) is 0 Å². The van der Waals surface area contributed by atoms with Gasteiger partial charge in [-0.3, -0.25) is 0 Å². The summed E-state index contributed by atoms with van der Waals surface area (Å²) >= 11 is 0. The molecule has 10 aromatic rings. The lowest BCUT2D eigenvalue weighted by Gasteiger charge is -2.29. The number of benzene rings is 9. The third kappa shape index (κ3) is 5.53. The molecule has 1 aromatic heterocycles. The zero-order valence-electron chi connectivity index (χ0n) is 29.6. The summed E-state index contributed by atoms with van der Waals surface area (Å²) in [5.41, 5.74) is 14.3. The monoisotopic (exact) mass is 689 g/mol. The van der Waals surface area contributed by atoms with Gasteiger partial charge in [0.05, 0.1) is 11.4 Å². The number of nitrogens with zero attached hydrogens (tertiary/aromatic N) is 1. The van der Waals surface area contributed by atoms with Gasteiger partial charge in [-0.25, -0.2) is 0 Å². The first-order valence-corrected chi connectivity index (χ1v) is 18.4. The Labute approximate surface area is 314 Å². The maximum Gasteiger partial charge on any atom is 0.159 e. The Hall–Kier alpha value is -7.16. The molecule has 0 fully saturated rings. The fraction of sp³-hybridized carbons (Fsp3) is 0. The van der Waals surface area contributed by atoms with Gasteiger partial charge in [0.1, 0.15) is 5.58 Å². The maximum absolute atomic E-state index is 6.69. The van der Waals surface area contributed by atoms with Crippen molar-refractivity contribution >= 4 is 49.8 Å². The van der Waals surface area contributed by atoms with E-state index in [-0.39, 0.29) is 0 Å². The van der Waals surface area contributed by atoms with E-state index in [0.717, 1.165) is 50.1 Å². The number of rotatable bonds is 7. The normalized spacial score (nSPS) is 11.3. The molecule has 0 aliphatic heterocycles. The van der Waals surface area contributed by atoms with E-state index in [2.05, 4.69) is 211 Å². The zero-order valence-corrected chi connectivity index (χ0v) is 29.6. The van der Waals surface area contributed by atoms with Crippen molar-refractivity contribution in [3.63, 3.8) is 0 Å². The van der Waals surface area contributed by atoms with E-state index < -0.39 is 0 Å². The van der Waals surface area contributed by atoms with E-state index in [0.29, 0.717) is 0 Å². The highest BCUT2D eigenvalue weighted by Gasteiger charge is 2.23. The van der Waals surface area contributed by atoms with Crippen LogP contribution in [0.2, 0.25) is 0 Å². The van der Waals surface area contributed by atoms with Crippen LogP contribution in [0.3, 0.4) is 0 Å². The molecule has 0 radical (unpaired) electrons. The van der Waals surface area contributed by atoms with E-state index in [1.807, 2.05) is 6.07 Å². The molecule has 0 amide bonds. The quantitative estimate of drug-likeness (QED) is 0.166. The first-order valence-electron chi connectivity index (χ1n) is 18.4. The number of anilines is 3. The molecule has 2 heteroatoms. The van der Waals surface area contributed by atoms with Gasteiger partial charge in [-0.15, -0.1) is 0 Å². The van der Waals surface area contributed by atoms with E-state index in [1.165, 1.54) is 44.2 Å². The van der Waals surface area contributed by atoms with Crippen LogP contribution >= 0.6 is 0 Å². The lowest BCUT2D eigenvalue weighted by molar-refractivity contribution is 0.669. The second kappa shape index (κ2) is 13.4. The molecule has 0 aliphatic rings. The minimum absolute atomic E-state index is 0.860. The molecule has 0 unspecified atom stereocenters. The lowest BCUT2D eigenvalue weighted by Crippen LogP contribution is -2.11. The fourth-order valence-electron chi connectivity index (χ4n) is 7.92. The average molecular weight is 690 g/mol. The molecule has 1 heterocycles. The second-order valence-corrected chi connectivity index (χ2v) is 13.7. The number of hydrogen-bond donors (Lipinski definition) is 0. The van der Waals surface area contributed by atoms with Crippen molar-refractivity contribution in [1.82, 2.24) is 0 Å². The van der Waals surface area contributed by atoms with Crippen LogP contribution in [-0.4, -0.2) is 0 Å². The van der Waals surface area contributed by atoms with Gasteiger partial charge in [-0.1, -0.05) is 182 Å². The molecule has 54 heavy (non-hydrogen) atoms. The Kier molecular flexibility index (Phi) is 7.85. The Bertz CT molecular complexity index is 2940. The summed E-state index contributed by atoms with van der Waals surface area (Å²) < 4.78 is 6.69. The van der Waals surface area contributed by atoms with Gasteiger partial charge in [-0.2, -0.15) is 0 Å². The third-order valence-electron chi connectivity index (χ3n) is 10.5. The van der Waals surface area contributed by atoms with Crippen LogP contribution in [0.4, 0.5) is 17.1 Å². The zero-order chi connectivity index (χ0) is 35.8. The van der Waals surface area contributed by atoms with Crippen molar-refractivity contribution in [2.45, 2.75) is 0 Å². The van der Waals surface area contributed by atoms with Gasteiger partial charge < -0.3 is 9.32 Å². The van der Waals surface area contributed by atoms with Crippen molar-refractivity contribution < 1.29 is 4.42 Å². The first kappa shape index (κ1) is 31.6. The van der Waals surface area contributed by atoms with E-state index >= 15 is 0 Å². The highest BCUT2D eigenvalue weighted by atomic mass is 16.3. The molecule has 0 saturated heterocycles. The van der Waals surface area contributed by atoms with Gasteiger partial charge >= 0.3 is 0 Å². The summed E-state index contributed by atoms with van der Waals surface area (Å²) in [6.45, 7) is 0. The number of furan rings is 1. The smallest absolute Gasteiger partial charge is 0.159 e. The molecule has 0 bridgehead atoms. The van der Waals surface area contributed by atoms with Crippen molar-refractivity contribution in [1.29, 1.82) is 0 Å². The maximum atomic E-state index is 6.69. The van der Waals surface area contributed by atoms with Crippen molar-refractivity contribution in [2.75, 3.05) is 4.90 Å². The van der Waals surface area contributed by atoms with Crippen LogP contribution < -0.4 is 4.90 Å². The number of fused-ring (bicyclic) bond motifs is 4. The third-order valence-corrected chi connectivity index (χ3v) is 10.5. The molecular formula is C52H35NO. The van der Waals surface area contributed by atoms with Crippen LogP contribution in [0, 0.1) is 0 Å². The molecule has 0 spiro atoms. The molecule has 0 saturated carbocycles. The van der Waals surface area contributed by atoms with Gasteiger partial charge in [-0.05, 0) is 80.0 Å². The minimum Gasteiger partial charge on any atom is -0.454 e. The standard InChI is InChI=1S/C52H35NO/c1-2-15-36(16-3-1)38-29-31-39(32-30-38)42-19-6-7-20-43(42)44-21-8-9-22-45(44)46-23-10-12-26-49(46)53(41-34-33-37-17-4-5-18-40(37)35-41)50-27-14-25-48-47-24-11-13-28-51(47)54-52(48)50/h1-35H. The molecule has 9 aromatic carbocycles. The summed E-state index contributed by atoms with van der Waals surface area (Å²) in [5.74, 6) is 0. The predicted octanol–water partition coefficient (Wildman–Crippen LogP) is 14.9. The summed E-state index contributed by atoms with van der Waals surface area (Å²) in [4.78, 5) is 2.37. The number of hydrogen-bond acceptors (Lipinski definition) is 2. The van der Waals surface area contributed by atoms with Gasteiger partial charge in [0.25, 0.3) is 0 Å². The van der Waals surface area contributed by atoms with Crippen LogP contribution in [0.25, 0.3) is 77.2 Å². The topological polar surface area (TPSA) is 16.4 Å². The second-order valence-electron chi connectivity index (χ2n) is 13.7. The van der Waals surface area contributed by atoms with Crippen LogP contribution in [0.1, 0.15) is 0 Å². The van der Waals surface area contributed by atoms with Crippen LogP contribution in [-0.2, 0) is 0 Å².